The van der Waals surface area contributed by atoms with Crippen molar-refractivity contribution in [2.24, 2.45) is 5.73 Å². The normalized spacial score (nSPS) is 10.2. The Hall–Kier alpha value is -2.23. The van der Waals surface area contributed by atoms with Crippen molar-refractivity contribution in [3.8, 4) is 11.1 Å². The van der Waals surface area contributed by atoms with E-state index in [1.807, 2.05) is 0 Å². The fourth-order valence-corrected chi connectivity index (χ4v) is 1.70. The van der Waals surface area contributed by atoms with E-state index in [9.17, 15) is 9.18 Å². The molecule has 0 atom stereocenters. The van der Waals surface area contributed by atoms with E-state index in [1.165, 1.54) is 12.3 Å². The maximum atomic E-state index is 13.0. The minimum atomic E-state index is -0.529. The van der Waals surface area contributed by atoms with Gasteiger partial charge in [0, 0.05) is 17.8 Å². The van der Waals surface area contributed by atoms with Gasteiger partial charge >= 0.3 is 0 Å². The number of benzene rings is 1. The molecule has 86 valence electrons. The largest absolute Gasteiger partial charge is 0.366 e. The molecule has 0 radical (unpaired) electrons. The average molecular weight is 230 g/mol. The average Bonchev–Trinajstić information content (AvgIpc) is 2.28. The number of carbonyl (C=O) groups excluding carboxylic acids is 1. The lowest BCUT2D eigenvalue weighted by atomic mass is 10.0. The van der Waals surface area contributed by atoms with Gasteiger partial charge in [0.1, 0.15) is 0 Å². The number of hydrogen-bond acceptors (Lipinski definition) is 2. The molecule has 0 spiro atoms. The third kappa shape index (κ3) is 2.30. The van der Waals surface area contributed by atoms with Crippen LogP contribution >= 0.6 is 0 Å². The number of carbonyl (C=O) groups is 1. The predicted molar refractivity (Wildman–Crippen MR) is 62.9 cm³/mol. The maximum Gasteiger partial charge on any atom is 0.248 e. The minimum absolute atomic E-state index is 0.463. The van der Waals surface area contributed by atoms with E-state index in [0.29, 0.717) is 5.56 Å². The Morgan fingerprint density at radius 3 is 2.53 bits per heavy atom. The molecule has 3 nitrogen and oxygen atoms in total. The fraction of sp³-hybridized carbons (Fsp3) is 0.0769. The molecule has 0 aliphatic rings. The Morgan fingerprint density at radius 2 is 1.94 bits per heavy atom. The van der Waals surface area contributed by atoms with E-state index in [4.69, 9.17) is 5.73 Å². The zero-order valence-corrected chi connectivity index (χ0v) is 9.27. The summed E-state index contributed by atoms with van der Waals surface area (Å²) in [5, 5.41) is 0. The highest BCUT2D eigenvalue weighted by Gasteiger charge is 2.07. The fourth-order valence-electron chi connectivity index (χ4n) is 1.70. The lowest BCUT2D eigenvalue weighted by molar-refractivity contribution is 0.1000. The van der Waals surface area contributed by atoms with E-state index in [1.54, 1.807) is 31.2 Å². The number of hydrogen-bond donors (Lipinski definition) is 1. The van der Waals surface area contributed by atoms with Crippen LogP contribution in [0.3, 0.4) is 0 Å². The van der Waals surface area contributed by atoms with Crippen molar-refractivity contribution in [1.82, 2.24) is 4.98 Å². The number of aryl methyl sites for hydroxylation is 1. The number of nitrogens with two attached hydrogens (primary N) is 1. The molecular formula is C13H11FN2O. The van der Waals surface area contributed by atoms with Crippen LogP contribution in [0.4, 0.5) is 4.39 Å². The van der Waals surface area contributed by atoms with Crippen molar-refractivity contribution < 1.29 is 9.18 Å². The number of halogens is 1. The van der Waals surface area contributed by atoms with Crippen LogP contribution in [0.1, 0.15) is 15.9 Å². The first kappa shape index (κ1) is 11.3. The molecule has 1 aromatic carbocycles. The number of pyridine rings is 1. The summed E-state index contributed by atoms with van der Waals surface area (Å²) in [4.78, 5) is 14.6. The van der Waals surface area contributed by atoms with E-state index < -0.39 is 11.9 Å². The van der Waals surface area contributed by atoms with Crippen molar-refractivity contribution in [2.75, 3.05) is 0 Å². The van der Waals surface area contributed by atoms with Crippen LogP contribution in [0.15, 0.2) is 36.5 Å². The first-order valence-corrected chi connectivity index (χ1v) is 5.10. The van der Waals surface area contributed by atoms with Gasteiger partial charge in [0.25, 0.3) is 0 Å². The zero-order chi connectivity index (χ0) is 12.4. The molecule has 2 aromatic rings. The molecule has 17 heavy (non-hydrogen) atoms. The molecular weight excluding hydrogens is 219 g/mol. The van der Waals surface area contributed by atoms with Crippen molar-refractivity contribution in [2.45, 2.75) is 6.92 Å². The van der Waals surface area contributed by atoms with Gasteiger partial charge in [-0.15, -0.1) is 0 Å². The zero-order valence-electron chi connectivity index (χ0n) is 9.27. The first-order chi connectivity index (χ1) is 8.08. The number of primary amides is 1. The van der Waals surface area contributed by atoms with Gasteiger partial charge in [0.05, 0.1) is 0 Å². The quantitative estimate of drug-likeness (QED) is 0.805. The van der Waals surface area contributed by atoms with Gasteiger partial charge in [0.2, 0.25) is 11.9 Å². The second-order valence-corrected chi connectivity index (χ2v) is 3.76. The van der Waals surface area contributed by atoms with Crippen LogP contribution in [0, 0.1) is 12.9 Å². The number of amides is 1. The second-order valence-electron chi connectivity index (χ2n) is 3.76. The molecule has 0 unspecified atom stereocenters. The molecule has 0 fully saturated rings. The Kier molecular flexibility index (Phi) is 2.87. The van der Waals surface area contributed by atoms with Gasteiger partial charge in [-0.2, -0.15) is 4.39 Å². The highest BCUT2D eigenvalue weighted by Crippen LogP contribution is 2.22. The molecule has 2 rings (SSSR count). The van der Waals surface area contributed by atoms with E-state index in [0.717, 1.165) is 16.7 Å². The van der Waals surface area contributed by atoms with Crippen molar-refractivity contribution >= 4 is 5.91 Å². The van der Waals surface area contributed by atoms with Gasteiger partial charge in [-0.3, -0.25) is 4.79 Å². The molecule has 1 aromatic heterocycles. The SMILES string of the molecule is Cc1cc(-c2ccnc(F)c2)ccc1C(N)=O. The third-order valence-corrected chi connectivity index (χ3v) is 2.55. The van der Waals surface area contributed by atoms with E-state index in [2.05, 4.69) is 4.98 Å². The highest BCUT2D eigenvalue weighted by molar-refractivity contribution is 5.94. The van der Waals surface area contributed by atoms with Gasteiger partial charge in [-0.05, 0) is 35.7 Å². The molecule has 1 heterocycles. The van der Waals surface area contributed by atoms with Gasteiger partial charge in [-0.1, -0.05) is 12.1 Å². The van der Waals surface area contributed by atoms with Gasteiger partial charge < -0.3 is 5.73 Å². The minimum Gasteiger partial charge on any atom is -0.366 e. The van der Waals surface area contributed by atoms with Crippen LogP contribution < -0.4 is 5.73 Å². The number of aromatic nitrogens is 1. The van der Waals surface area contributed by atoms with E-state index >= 15 is 0 Å². The van der Waals surface area contributed by atoms with Crippen LogP contribution in [-0.2, 0) is 0 Å². The third-order valence-electron chi connectivity index (χ3n) is 2.55. The summed E-state index contributed by atoms with van der Waals surface area (Å²) >= 11 is 0. The summed E-state index contributed by atoms with van der Waals surface area (Å²) in [6, 6.07) is 8.24. The first-order valence-electron chi connectivity index (χ1n) is 5.10. The number of nitrogens with zero attached hydrogens (tertiary/aromatic N) is 1. The van der Waals surface area contributed by atoms with Gasteiger partial charge in [0.15, 0.2) is 0 Å². The van der Waals surface area contributed by atoms with Gasteiger partial charge in [-0.25, -0.2) is 4.98 Å². The van der Waals surface area contributed by atoms with Crippen molar-refractivity contribution in [3.05, 3.63) is 53.6 Å². The monoisotopic (exact) mass is 230 g/mol. The summed E-state index contributed by atoms with van der Waals surface area (Å²) in [6.07, 6.45) is 1.40. The van der Waals surface area contributed by atoms with Crippen molar-refractivity contribution in [3.63, 3.8) is 0 Å². The summed E-state index contributed by atoms with van der Waals surface area (Å²) in [5.41, 5.74) is 8.01. The summed E-state index contributed by atoms with van der Waals surface area (Å²) in [7, 11) is 0. The van der Waals surface area contributed by atoms with Crippen molar-refractivity contribution in [1.29, 1.82) is 0 Å². The standard InChI is InChI=1S/C13H11FN2O/c1-8-6-9(2-3-11(8)13(15)17)10-4-5-16-12(14)7-10/h2-7H,1H3,(H2,15,17). The molecule has 4 heteroatoms. The molecule has 0 bridgehead atoms. The van der Waals surface area contributed by atoms with Crippen LogP contribution in [0.2, 0.25) is 0 Å². The molecule has 1 amide bonds. The molecule has 0 aliphatic carbocycles. The lowest BCUT2D eigenvalue weighted by Gasteiger charge is -2.06. The van der Waals surface area contributed by atoms with Crippen LogP contribution in [0.25, 0.3) is 11.1 Å². The highest BCUT2D eigenvalue weighted by atomic mass is 19.1. The smallest absolute Gasteiger partial charge is 0.248 e. The lowest BCUT2D eigenvalue weighted by Crippen LogP contribution is -2.12. The Balaban J connectivity index is 2.48. The molecule has 0 saturated carbocycles. The maximum absolute atomic E-state index is 13.0. The Morgan fingerprint density at radius 1 is 1.24 bits per heavy atom. The summed E-state index contributed by atoms with van der Waals surface area (Å²) in [5.74, 6) is -0.992. The topological polar surface area (TPSA) is 56.0 Å². The molecule has 0 saturated heterocycles. The second kappa shape index (κ2) is 4.33. The van der Waals surface area contributed by atoms with E-state index in [-0.39, 0.29) is 0 Å². The molecule has 2 N–H and O–H groups in total. The Labute approximate surface area is 98.1 Å². The van der Waals surface area contributed by atoms with Crippen LogP contribution in [0.5, 0.6) is 0 Å². The predicted octanol–water partition coefficient (Wildman–Crippen LogP) is 2.30. The summed E-state index contributed by atoms with van der Waals surface area (Å²) in [6.45, 7) is 1.79. The Bertz CT molecular complexity index is 581. The molecule has 0 aliphatic heterocycles. The van der Waals surface area contributed by atoms with Crippen LogP contribution in [-0.4, -0.2) is 10.9 Å². The number of rotatable bonds is 2. The summed E-state index contributed by atoms with van der Waals surface area (Å²) < 4.78 is 13.0.